The first-order valence-corrected chi connectivity index (χ1v) is 12.4. The van der Waals surface area contributed by atoms with E-state index in [4.69, 9.17) is 4.74 Å². The predicted octanol–water partition coefficient (Wildman–Crippen LogP) is 6.69. The highest BCUT2D eigenvalue weighted by molar-refractivity contribution is 7.14. The SMILES string of the molecule is CCOc1ccc(Nc2nc(C(=O)NC3CCCCCCCCCCC3)cs2)cc1. The number of hydrogen-bond acceptors (Lipinski definition) is 5. The molecule has 0 saturated heterocycles. The molecule has 1 aliphatic carbocycles. The second kappa shape index (κ2) is 12.6. The Morgan fingerprint density at radius 3 is 2.20 bits per heavy atom. The van der Waals surface area contributed by atoms with Crippen molar-refractivity contribution in [1.29, 1.82) is 0 Å². The van der Waals surface area contributed by atoms with Crippen LogP contribution in [0.15, 0.2) is 29.6 Å². The molecule has 164 valence electrons. The van der Waals surface area contributed by atoms with Crippen LogP contribution in [0.2, 0.25) is 0 Å². The van der Waals surface area contributed by atoms with Gasteiger partial charge in [-0.05, 0) is 44.0 Å². The number of anilines is 2. The van der Waals surface area contributed by atoms with Crippen molar-refractivity contribution >= 4 is 28.1 Å². The fourth-order valence-corrected chi connectivity index (χ4v) is 4.64. The molecule has 3 rings (SSSR count). The van der Waals surface area contributed by atoms with Gasteiger partial charge in [0.15, 0.2) is 5.13 Å². The largest absolute Gasteiger partial charge is 0.494 e. The van der Waals surface area contributed by atoms with Crippen LogP contribution in [0.4, 0.5) is 10.8 Å². The molecule has 0 atom stereocenters. The molecular formula is C24H35N3O2S. The van der Waals surface area contributed by atoms with E-state index in [1.165, 1.54) is 69.1 Å². The molecule has 0 unspecified atom stereocenters. The van der Waals surface area contributed by atoms with Crippen LogP contribution in [0.3, 0.4) is 0 Å². The topological polar surface area (TPSA) is 63.2 Å². The second-order valence-electron chi connectivity index (χ2n) is 8.05. The Hall–Kier alpha value is -2.08. The van der Waals surface area contributed by atoms with Gasteiger partial charge in [0.05, 0.1) is 6.61 Å². The molecule has 6 heteroatoms. The lowest BCUT2D eigenvalue weighted by Crippen LogP contribution is -2.35. The fourth-order valence-electron chi connectivity index (χ4n) is 3.93. The monoisotopic (exact) mass is 429 g/mol. The van der Waals surface area contributed by atoms with Crippen LogP contribution in [0, 0.1) is 0 Å². The van der Waals surface area contributed by atoms with Crippen LogP contribution in [0.5, 0.6) is 5.75 Å². The standard InChI is InChI=1S/C24H35N3O2S/c1-2-29-21-16-14-20(15-17-21)26-24-27-22(18-30-24)23(28)25-19-12-10-8-6-4-3-5-7-9-11-13-19/h14-19H,2-13H2,1H3,(H,25,28)(H,26,27). The van der Waals surface area contributed by atoms with Gasteiger partial charge >= 0.3 is 0 Å². The number of benzene rings is 1. The Kier molecular flexibility index (Phi) is 9.48. The van der Waals surface area contributed by atoms with Crippen LogP contribution >= 0.6 is 11.3 Å². The summed E-state index contributed by atoms with van der Waals surface area (Å²) in [7, 11) is 0. The summed E-state index contributed by atoms with van der Waals surface area (Å²) in [6.45, 7) is 2.62. The summed E-state index contributed by atoms with van der Waals surface area (Å²) >= 11 is 1.45. The summed E-state index contributed by atoms with van der Waals surface area (Å²) in [5.41, 5.74) is 1.43. The first-order valence-electron chi connectivity index (χ1n) is 11.5. The van der Waals surface area contributed by atoms with Crippen LogP contribution < -0.4 is 15.4 Å². The van der Waals surface area contributed by atoms with Crippen molar-refractivity contribution in [3.63, 3.8) is 0 Å². The van der Waals surface area contributed by atoms with E-state index in [-0.39, 0.29) is 11.9 Å². The predicted molar refractivity (Wildman–Crippen MR) is 125 cm³/mol. The van der Waals surface area contributed by atoms with Gasteiger partial charge in [-0.15, -0.1) is 11.3 Å². The minimum atomic E-state index is -0.0527. The van der Waals surface area contributed by atoms with Crippen LogP contribution in [0.1, 0.15) is 88.0 Å². The molecule has 30 heavy (non-hydrogen) atoms. The highest BCUT2D eigenvalue weighted by Crippen LogP contribution is 2.23. The van der Waals surface area contributed by atoms with Gasteiger partial charge in [0.2, 0.25) is 0 Å². The summed E-state index contributed by atoms with van der Waals surface area (Å²) in [5, 5.41) is 9.08. The number of carbonyl (C=O) groups is 1. The molecule has 0 radical (unpaired) electrons. The van der Waals surface area contributed by atoms with Gasteiger partial charge < -0.3 is 15.4 Å². The van der Waals surface area contributed by atoms with Crippen LogP contribution in [-0.4, -0.2) is 23.5 Å². The second-order valence-corrected chi connectivity index (χ2v) is 8.91. The van der Waals surface area contributed by atoms with Crippen LogP contribution in [-0.2, 0) is 0 Å². The Bertz CT molecular complexity index is 748. The van der Waals surface area contributed by atoms with E-state index in [0.717, 1.165) is 29.4 Å². The summed E-state index contributed by atoms with van der Waals surface area (Å²) in [4.78, 5) is 17.3. The zero-order chi connectivity index (χ0) is 21.0. The molecular weight excluding hydrogens is 394 g/mol. The van der Waals surface area contributed by atoms with Gasteiger partial charge in [-0.1, -0.05) is 57.8 Å². The molecule has 1 heterocycles. The van der Waals surface area contributed by atoms with E-state index in [9.17, 15) is 4.79 Å². The van der Waals surface area contributed by atoms with Crippen molar-refractivity contribution in [2.45, 2.75) is 83.6 Å². The van der Waals surface area contributed by atoms with Gasteiger partial charge in [0, 0.05) is 17.1 Å². The quantitative estimate of drug-likeness (QED) is 0.537. The minimum absolute atomic E-state index is 0.0527. The fraction of sp³-hybridized carbons (Fsp3) is 0.583. The Labute approximate surface area is 184 Å². The average molecular weight is 430 g/mol. The van der Waals surface area contributed by atoms with E-state index >= 15 is 0 Å². The molecule has 1 saturated carbocycles. The molecule has 0 bridgehead atoms. The van der Waals surface area contributed by atoms with Crippen molar-refractivity contribution in [2.24, 2.45) is 0 Å². The number of amides is 1. The van der Waals surface area contributed by atoms with Gasteiger partial charge in [-0.25, -0.2) is 4.98 Å². The maximum absolute atomic E-state index is 12.8. The third-order valence-corrected chi connectivity index (χ3v) is 6.35. The minimum Gasteiger partial charge on any atom is -0.494 e. The highest BCUT2D eigenvalue weighted by atomic mass is 32.1. The van der Waals surface area contributed by atoms with E-state index in [0.29, 0.717) is 12.3 Å². The Morgan fingerprint density at radius 1 is 1.00 bits per heavy atom. The maximum atomic E-state index is 12.8. The number of aromatic nitrogens is 1. The van der Waals surface area contributed by atoms with E-state index < -0.39 is 0 Å². The van der Waals surface area contributed by atoms with Crippen molar-refractivity contribution in [3.8, 4) is 5.75 Å². The lowest BCUT2D eigenvalue weighted by Gasteiger charge is -2.19. The smallest absolute Gasteiger partial charge is 0.271 e. The van der Waals surface area contributed by atoms with Crippen molar-refractivity contribution in [1.82, 2.24) is 10.3 Å². The molecule has 1 aromatic heterocycles. The summed E-state index contributed by atoms with van der Waals surface area (Å²) in [5.74, 6) is 0.794. The number of carbonyl (C=O) groups excluding carboxylic acids is 1. The summed E-state index contributed by atoms with van der Waals surface area (Å²) < 4.78 is 5.47. The van der Waals surface area contributed by atoms with Crippen molar-refractivity contribution in [3.05, 3.63) is 35.3 Å². The third kappa shape index (κ3) is 7.63. The Morgan fingerprint density at radius 2 is 1.60 bits per heavy atom. The molecule has 0 spiro atoms. The molecule has 2 aromatic rings. The summed E-state index contributed by atoms with van der Waals surface area (Å²) in [6.07, 6.45) is 13.9. The first-order chi connectivity index (χ1) is 14.7. The van der Waals surface area contributed by atoms with E-state index in [1.807, 2.05) is 36.6 Å². The molecule has 0 aliphatic heterocycles. The van der Waals surface area contributed by atoms with Gasteiger partial charge in [0.25, 0.3) is 5.91 Å². The lowest BCUT2D eigenvalue weighted by atomic mass is 9.98. The number of hydrogen-bond donors (Lipinski definition) is 2. The third-order valence-electron chi connectivity index (χ3n) is 5.59. The Balaban J connectivity index is 1.52. The molecule has 1 fully saturated rings. The number of ether oxygens (including phenoxy) is 1. The highest BCUT2D eigenvalue weighted by Gasteiger charge is 2.16. The van der Waals surface area contributed by atoms with Gasteiger partial charge in [0.1, 0.15) is 11.4 Å². The first kappa shape index (κ1) is 22.6. The van der Waals surface area contributed by atoms with Gasteiger partial charge in [-0.2, -0.15) is 0 Å². The number of rotatable bonds is 6. The van der Waals surface area contributed by atoms with Gasteiger partial charge in [-0.3, -0.25) is 4.79 Å². The van der Waals surface area contributed by atoms with E-state index in [2.05, 4.69) is 15.6 Å². The molecule has 1 aromatic carbocycles. The molecule has 5 nitrogen and oxygen atoms in total. The molecule has 1 amide bonds. The summed E-state index contributed by atoms with van der Waals surface area (Å²) in [6, 6.07) is 8.03. The molecule has 1 aliphatic rings. The number of nitrogens with zero attached hydrogens (tertiary/aromatic N) is 1. The molecule has 2 N–H and O–H groups in total. The lowest BCUT2D eigenvalue weighted by molar-refractivity contribution is 0.0927. The zero-order valence-electron chi connectivity index (χ0n) is 18.1. The average Bonchev–Trinajstić information content (AvgIpc) is 3.20. The zero-order valence-corrected chi connectivity index (χ0v) is 18.9. The van der Waals surface area contributed by atoms with Crippen LogP contribution in [0.25, 0.3) is 0 Å². The number of thiazole rings is 1. The maximum Gasteiger partial charge on any atom is 0.271 e. The van der Waals surface area contributed by atoms with E-state index in [1.54, 1.807) is 0 Å². The normalized spacial score (nSPS) is 16.8. The van der Waals surface area contributed by atoms with Crippen molar-refractivity contribution in [2.75, 3.05) is 11.9 Å². The van der Waals surface area contributed by atoms with Crippen molar-refractivity contribution < 1.29 is 9.53 Å². The number of nitrogens with one attached hydrogen (secondary N) is 2.